The van der Waals surface area contributed by atoms with Crippen LogP contribution in [-0.4, -0.2) is 36.8 Å². The van der Waals surface area contributed by atoms with E-state index >= 15 is 0 Å². The normalized spacial score (nSPS) is 14.1. The Morgan fingerprint density at radius 1 is 1.04 bits per heavy atom. The molecule has 1 aromatic heterocycles. The first-order valence-corrected chi connectivity index (χ1v) is 11.2. The number of hydrogen-bond donors (Lipinski definition) is 1. The summed E-state index contributed by atoms with van der Waals surface area (Å²) in [6.07, 6.45) is 1.74. The maximum atomic E-state index is 10.2. The van der Waals surface area contributed by atoms with Crippen LogP contribution in [0.1, 0.15) is 69.2 Å². The van der Waals surface area contributed by atoms with Gasteiger partial charge in [-0.2, -0.15) is 0 Å². The maximum absolute atomic E-state index is 10.2. The highest BCUT2D eigenvalue weighted by Crippen LogP contribution is 2.40. The predicted molar refractivity (Wildman–Crippen MR) is 104 cm³/mol. The molecule has 0 aliphatic carbocycles. The third-order valence-electron chi connectivity index (χ3n) is 5.70. The summed E-state index contributed by atoms with van der Waals surface area (Å²) >= 11 is 0. The molecule has 4 nitrogen and oxygen atoms in total. The van der Waals surface area contributed by atoms with Crippen LogP contribution in [0.25, 0.3) is 0 Å². The summed E-state index contributed by atoms with van der Waals surface area (Å²) in [5.74, 6) is 0. The third kappa shape index (κ3) is 3.97. The van der Waals surface area contributed by atoms with Gasteiger partial charge in [-0.25, -0.2) is 4.98 Å². The summed E-state index contributed by atoms with van der Waals surface area (Å²) < 4.78 is 11.9. The molecular formula is C18H35BNO3Si. The van der Waals surface area contributed by atoms with E-state index in [-0.39, 0.29) is 0 Å². The van der Waals surface area contributed by atoms with Crippen LogP contribution in [-0.2, 0) is 4.65 Å². The SMILES string of the molecule is CC(C)[Si](c1ncc([B]OC(C)(C)C(C)(C)O)o1)(C(C)C)C(C)C. The van der Waals surface area contributed by atoms with Gasteiger partial charge in [0, 0.05) is 0 Å². The molecule has 0 amide bonds. The van der Waals surface area contributed by atoms with E-state index < -0.39 is 19.3 Å². The molecule has 0 spiro atoms. The van der Waals surface area contributed by atoms with Gasteiger partial charge in [0.1, 0.15) is 5.66 Å². The Balaban J connectivity index is 3.07. The molecule has 1 rings (SSSR count). The van der Waals surface area contributed by atoms with E-state index in [0.29, 0.717) is 22.3 Å². The fourth-order valence-corrected chi connectivity index (χ4v) is 9.70. The van der Waals surface area contributed by atoms with E-state index in [1.807, 2.05) is 13.8 Å². The zero-order chi connectivity index (χ0) is 18.9. The summed E-state index contributed by atoms with van der Waals surface area (Å²) in [6, 6.07) is 0. The van der Waals surface area contributed by atoms with Gasteiger partial charge in [0.05, 0.1) is 17.4 Å². The maximum Gasteiger partial charge on any atom is 0.378 e. The van der Waals surface area contributed by atoms with Gasteiger partial charge in [-0.15, -0.1) is 0 Å². The number of aromatic nitrogens is 1. The molecule has 0 bridgehead atoms. The van der Waals surface area contributed by atoms with Gasteiger partial charge in [0.15, 0.2) is 13.6 Å². The van der Waals surface area contributed by atoms with Gasteiger partial charge in [-0.3, -0.25) is 0 Å². The Labute approximate surface area is 149 Å². The molecule has 0 aromatic carbocycles. The Hall–Kier alpha value is -0.588. The molecule has 0 saturated heterocycles. The second-order valence-electron chi connectivity index (χ2n) is 8.77. The zero-order valence-corrected chi connectivity index (χ0v) is 18.1. The van der Waals surface area contributed by atoms with Crippen LogP contribution in [0, 0.1) is 0 Å². The van der Waals surface area contributed by atoms with Crippen molar-refractivity contribution in [2.45, 2.75) is 97.1 Å². The molecule has 1 aromatic rings. The molecule has 1 heterocycles. The molecule has 0 saturated carbocycles. The van der Waals surface area contributed by atoms with Crippen molar-refractivity contribution in [2.24, 2.45) is 0 Å². The zero-order valence-electron chi connectivity index (χ0n) is 17.1. The summed E-state index contributed by atoms with van der Waals surface area (Å²) in [7, 11) is -0.319. The molecule has 24 heavy (non-hydrogen) atoms. The van der Waals surface area contributed by atoms with Gasteiger partial charge in [-0.1, -0.05) is 41.5 Å². The number of rotatable bonds is 8. The number of nitrogens with zero attached hydrogens (tertiary/aromatic N) is 1. The topological polar surface area (TPSA) is 55.5 Å². The van der Waals surface area contributed by atoms with Crippen molar-refractivity contribution in [3.8, 4) is 0 Å². The lowest BCUT2D eigenvalue weighted by Gasteiger charge is -2.39. The lowest BCUT2D eigenvalue weighted by molar-refractivity contribution is -0.0895. The fraction of sp³-hybridized carbons (Fsp3) is 0.833. The van der Waals surface area contributed by atoms with Gasteiger partial charge in [0.25, 0.3) is 0 Å². The molecule has 0 aliphatic rings. The minimum absolute atomic E-state index is 0.540. The van der Waals surface area contributed by atoms with Crippen molar-refractivity contribution >= 4 is 26.7 Å². The monoisotopic (exact) mass is 352 g/mol. The van der Waals surface area contributed by atoms with E-state index in [1.165, 1.54) is 0 Å². The molecule has 0 fully saturated rings. The van der Waals surface area contributed by atoms with Gasteiger partial charge >= 0.3 is 7.48 Å². The molecule has 0 aliphatic heterocycles. The van der Waals surface area contributed by atoms with Crippen LogP contribution in [0.15, 0.2) is 10.6 Å². The molecule has 6 heteroatoms. The number of oxazole rings is 1. The lowest BCUT2D eigenvalue weighted by atomic mass is 9.86. The van der Waals surface area contributed by atoms with Crippen molar-refractivity contribution in [3.63, 3.8) is 0 Å². The van der Waals surface area contributed by atoms with Crippen molar-refractivity contribution in [1.29, 1.82) is 0 Å². The van der Waals surface area contributed by atoms with E-state index in [1.54, 1.807) is 27.5 Å². The quantitative estimate of drug-likeness (QED) is 0.729. The van der Waals surface area contributed by atoms with E-state index in [2.05, 4.69) is 46.5 Å². The minimum Gasteiger partial charge on any atom is -0.458 e. The van der Waals surface area contributed by atoms with Crippen LogP contribution in [0.3, 0.4) is 0 Å². The average molecular weight is 352 g/mol. The first kappa shape index (κ1) is 21.5. The third-order valence-corrected chi connectivity index (χ3v) is 12.4. The van der Waals surface area contributed by atoms with E-state index in [4.69, 9.17) is 9.07 Å². The highest BCUT2D eigenvalue weighted by molar-refractivity contribution is 6.93. The van der Waals surface area contributed by atoms with Crippen LogP contribution in [0.5, 0.6) is 0 Å². The van der Waals surface area contributed by atoms with Crippen LogP contribution in [0.4, 0.5) is 0 Å². The number of hydrogen-bond acceptors (Lipinski definition) is 4. The molecule has 1 radical (unpaired) electrons. The van der Waals surface area contributed by atoms with E-state index in [9.17, 15) is 5.11 Å². The molecule has 0 atom stereocenters. The second-order valence-corrected chi connectivity index (χ2v) is 14.5. The van der Waals surface area contributed by atoms with Gasteiger partial charge < -0.3 is 14.2 Å². The van der Waals surface area contributed by atoms with E-state index in [0.717, 1.165) is 5.51 Å². The van der Waals surface area contributed by atoms with Gasteiger partial charge in [0.2, 0.25) is 0 Å². The molecular weight excluding hydrogens is 317 g/mol. The largest absolute Gasteiger partial charge is 0.458 e. The standard InChI is InChI=1S/C18H35BNO3Si/c1-12(2)24(13(3)4,14(5)6)16-20-11-15(22-16)19-23-18(9,10)17(7,8)21/h11-14,21H,1-10H3. The first-order valence-electron chi connectivity index (χ1n) is 8.96. The Morgan fingerprint density at radius 3 is 1.88 bits per heavy atom. The van der Waals surface area contributed by atoms with Crippen molar-refractivity contribution in [2.75, 3.05) is 0 Å². The van der Waals surface area contributed by atoms with Gasteiger partial charge in [-0.05, 0) is 44.3 Å². The Morgan fingerprint density at radius 2 is 1.50 bits per heavy atom. The summed E-state index contributed by atoms with van der Waals surface area (Å²) in [6.45, 7) is 20.9. The minimum atomic E-state index is -1.90. The summed E-state index contributed by atoms with van der Waals surface area (Å²) in [5.41, 5.74) is 1.45. The van der Waals surface area contributed by atoms with Crippen molar-refractivity contribution < 1.29 is 14.2 Å². The number of aliphatic hydroxyl groups is 1. The smallest absolute Gasteiger partial charge is 0.378 e. The van der Waals surface area contributed by atoms with Crippen LogP contribution in [0.2, 0.25) is 16.6 Å². The second kappa shape index (κ2) is 7.34. The lowest BCUT2D eigenvalue weighted by Crippen LogP contribution is -2.56. The van der Waals surface area contributed by atoms with Crippen LogP contribution >= 0.6 is 0 Å². The van der Waals surface area contributed by atoms with Crippen molar-refractivity contribution in [1.82, 2.24) is 4.98 Å². The first-order chi connectivity index (χ1) is 10.8. The molecule has 0 unspecified atom stereocenters. The highest BCUT2D eigenvalue weighted by atomic mass is 28.3. The predicted octanol–water partition coefficient (Wildman–Crippen LogP) is 3.37. The van der Waals surface area contributed by atoms with Crippen LogP contribution < -0.4 is 11.2 Å². The Kier molecular flexibility index (Phi) is 6.56. The average Bonchev–Trinajstić information content (AvgIpc) is 2.83. The summed E-state index contributed by atoms with van der Waals surface area (Å²) in [5, 5.41) is 10.2. The molecule has 1 N–H and O–H groups in total. The highest BCUT2D eigenvalue weighted by Gasteiger charge is 2.49. The Bertz CT molecular complexity index is 511. The van der Waals surface area contributed by atoms with Crippen molar-refractivity contribution in [3.05, 3.63) is 6.20 Å². The molecule has 137 valence electrons. The summed E-state index contributed by atoms with van der Waals surface area (Å²) in [4.78, 5) is 4.64. The fourth-order valence-electron chi connectivity index (χ4n) is 3.63.